The Bertz CT molecular complexity index is 2870. The molecule has 9 aromatic carbocycles. The first-order valence-electron chi connectivity index (χ1n) is 19.2. The summed E-state index contributed by atoms with van der Waals surface area (Å²) in [5.74, 6) is 0. The molecular weight excluding hydrogens is 677 g/mol. The first-order chi connectivity index (χ1) is 27.8. The van der Waals surface area contributed by atoms with Crippen LogP contribution in [0.25, 0.3) is 72.0 Å². The highest BCUT2D eigenvalue weighted by Gasteiger charge is 2.18. The molecule has 0 bridgehead atoms. The van der Waals surface area contributed by atoms with Crippen molar-refractivity contribution in [1.29, 1.82) is 0 Å². The molecule has 2 nitrogen and oxygen atoms in total. The van der Waals surface area contributed by atoms with E-state index in [1.165, 1.54) is 55.2 Å². The van der Waals surface area contributed by atoms with Gasteiger partial charge >= 0.3 is 0 Å². The maximum Gasteiger partial charge on any atom is 0.0541 e. The average molecular weight is 715 g/mol. The van der Waals surface area contributed by atoms with E-state index in [-0.39, 0.29) is 0 Å². The van der Waals surface area contributed by atoms with Gasteiger partial charge in [-0.15, -0.1) is 0 Å². The number of aromatic nitrogens is 1. The molecule has 0 aliphatic rings. The summed E-state index contributed by atoms with van der Waals surface area (Å²) >= 11 is 0. The lowest BCUT2D eigenvalue weighted by molar-refractivity contribution is 1.18. The van der Waals surface area contributed by atoms with Gasteiger partial charge in [0.1, 0.15) is 0 Å². The lowest BCUT2D eigenvalue weighted by Gasteiger charge is -2.28. The van der Waals surface area contributed by atoms with Crippen molar-refractivity contribution in [2.75, 3.05) is 4.90 Å². The van der Waals surface area contributed by atoms with Gasteiger partial charge in [0.2, 0.25) is 0 Å². The molecule has 1 aromatic heterocycles. The maximum atomic E-state index is 2.38. The molecule has 0 N–H and O–H groups in total. The third kappa shape index (κ3) is 6.14. The highest BCUT2D eigenvalue weighted by molar-refractivity contribution is 6.09. The van der Waals surface area contributed by atoms with Crippen LogP contribution >= 0.6 is 0 Å². The molecule has 1 heterocycles. The SMILES string of the molecule is c1ccc(-c2ccc(N(c3ccc(-c4cccc(-c5ccccc5)c4)cc3)c3ccccc3-c3ccc(-n4c5ccccc5c5ccccc54)cc3)cc2)cc1. The van der Waals surface area contributed by atoms with Gasteiger partial charge in [-0.05, 0) is 99.6 Å². The second kappa shape index (κ2) is 14.4. The molecule has 0 saturated heterocycles. The third-order valence-electron chi connectivity index (χ3n) is 10.8. The van der Waals surface area contributed by atoms with Crippen LogP contribution in [0.5, 0.6) is 0 Å². The Balaban J connectivity index is 1.06. The molecule has 264 valence electrons. The molecule has 0 aliphatic heterocycles. The number of fused-ring (bicyclic) bond motifs is 3. The van der Waals surface area contributed by atoms with Gasteiger partial charge in [0.25, 0.3) is 0 Å². The Morgan fingerprint density at radius 1 is 0.286 bits per heavy atom. The highest BCUT2D eigenvalue weighted by atomic mass is 15.1. The molecule has 0 unspecified atom stereocenters. The van der Waals surface area contributed by atoms with Crippen LogP contribution in [0.1, 0.15) is 0 Å². The molecule has 10 aromatic rings. The Morgan fingerprint density at radius 2 is 0.696 bits per heavy atom. The van der Waals surface area contributed by atoms with Crippen molar-refractivity contribution < 1.29 is 0 Å². The number of hydrogen-bond donors (Lipinski definition) is 0. The quantitative estimate of drug-likeness (QED) is 0.152. The van der Waals surface area contributed by atoms with Crippen LogP contribution in [-0.2, 0) is 0 Å². The minimum absolute atomic E-state index is 1.09. The molecule has 0 atom stereocenters. The van der Waals surface area contributed by atoms with E-state index < -0.39 is 0 Å². The zero-order chi connectivity index (χ0) is 37.3. The van der Waals surface area contributed by atoms with Crippen molar-refractivity contribution in [2.45, 2.75) is 0 Å². The van der Waals surface area contributed by atoms with Gasteiger partial charge < -0.3 is 9.47 Å². The van der Waals surface area contributed by atoms with Gasteiger partial charge in [0, 0.05) is 33.4 Å². The van der Waals surface area contributed by atoms with Crippen molar-refractivity contribution in [3.63, 3.8) is 0 Å². The Kier molecular flexibility index (Phi) is 8.55. The van der Waals surface area contributed by atoms with Gasteiger partial charge in [-0.1, -0.05) is 170 Å². The van der Waals surface area contributed by atoms with Gasteiger partial charge in [-0.25, -0.2) is 0 Å². The second-order valence-electron chi connectivity index (χ2n) is 14.2. The van der Waals surface area contributed by atoms with Crippen LogP contribution < -0.4 is 4.90 Å². The van der Waals surface area contributed by atoms with E-state index in [0.29, 0.717) is 0 Å². The number of benzene rings is 9. The second-order valence-corrected chi connectivity index (χ2v) is 14.2. The summed E-state index contributed by atoms with van der Waals surface area (Å²) in [6, 6.07) is 83.0. The monoisotopic (exact) mass is 714 g/mol. The lowest BCUT2D eigenvalue weighted by atomic mass is 9.98. The highest BCUT2D eigenvalue weighted by Crippen LogP contribution is 2.42. The van der Waals surface area contributed by atoms with E-state index in [0.717, 1.165) is 33.9 Å². The Morgan fingerprint density at radius 3 is 1.27 bits per heavy atom. The van der Waals surface area contributed by atoms with Crippen LogP contribution in [0.15, 0.2) is 231 Å². The van der Waals surface area contributed by atoms with Crippen molar-refractivity contribution in [2.24, 2.45) is 0 Å². The molecule has 0 fully saturated rings. The van der Waals surface area contributed by atoms with E-state index in [4.69, 9.17) is 0 Å². The van der Waals surface area contributed by atoms with Crippen molar-refractivity contribution >= 4 is 38.9 Å². The van der Waals surface area contributed by atoms with Gasteiger partial charge in [-0.2, -0.15) is 0 Å². The number of anilines is 3. The van der Waals surface area contributed by atoms with Crippen molar-refractivity contribution in [1.82, 2.24) is 4.57 Å². The largest absolute Gasteiger partial charge is 0.310 e. The van der Waals surface area contributed by atoms with Gasteiger partial charge in [0.05, 0.1) is 16.7 Å². The predicted octanol–water partition coefficient (Wildman–Crippen LogP) is 14.9. The van der Waals surface area contributed by atoms with Crippen LogP contribution in [0, 0.1) is 0 Å². The van der Waals surface area contributed by atoms with Crippen LogP contribution in [-0.4, -0.2) is 4.57 Å². The number of para-hydroxylation sites is 3. The van der Waals surface area contributed by atoms with Crippen LogP contribution in [0.3, 0.4) is 0 Å². The van der Waals surface area contributed by atoms with Crippen LogP contribution in [0.2, 0.25) is 0 Å². The number of hydrogen-bond acceptors (Lipinski definition) is 1. The minimum Gasteiger partial charge on any atom is -0.310 e. The van der Waals surface area contributed by atoms with E-state index >= 15 is 0 Å². The molecule has 56 heavy (non-hydrogen) atoms. The van der Waals surface area contributed by atoms with E-state index in [2.05, 4.69) is 240 Å². The fraction of sp³-hybridized carbons (Fsp3) is 0. The summed E-state index contributed by atoms with van der Waals surface area (Å²) in [7, 11) is 0. The number of rotatable bonds is 8. The normalized spacial score (nSPS) is 11.2. The fourth-order valence-electron chi connectivity index (χ4n) is 8.08. The summed E-state index contributed by atoms with van der Waals surface area (Å²) in [5.41, 5.74) is 16.4. The van der Waals surface area contributed by atoms with Gasteiger partial charge in [-0.3, -0.25) is 0 Å². The zero-order valence-corrected chi connectivity index (χ0v) is 30.8. The topological polar surface area (TPSA) is 8.17 Å². The predicted molar refractivity (Wildman–Crippen MR) is 237 cm³/mol. The summed E-state index contributed by atoms with van der Waals surface area (Å²) in [5, 5.41) is 2.53. The summed E-state index contributed by atoms with van der Waals surface area (Å²) in [4.78, 5) is 2.38. The molecule has 10 rings (SSSR count). The summed E-state index contributed by atoms with van der Waals surface area (Å²) < 4.78 is 2.37. The summed E-state index contributed by atoms with van der Waals surface area (Å²) in [6.45, 7) is 0. The van der Waals surface area contributed by atoms with E-state index in [9.17, 15) is 0 Å². The molecule has 2 heteroatoms. The first-order valence-corrected chi connectivity index (χ1v) is 19.2. The van der Waals surface area contributed by atoms with Crippen molar-refractivity contribution in [3.05, 3.63) is 231 Å². The smallest absolute Gasteiger partial charge is 0.0541 e. The average Bonchev–Trinajstić information content (AvgIpc) is 3.62. The molecule has 0 amide bonds. The number of nitrogens with zero attached hydrogens (tertiary/aromatic N) is 2. The molecule has 0 saturated carbocycles. The first kappa shape index (κ1) is 33.2. The van der Waals surface area contributed by atoms with Crippen molar-refractivity contribution in [3.8, 4) is 50.2 Å². The third-order valence-corrected chi connectivity index (χ3v) is 10.8. The zero-order valence-electron chi connectivity index (χ0n) is 30.8. The van der Waals surface area contributed by atoms with E-state index in [1.807, 2.05) is 0 Å². The maximum absolute atomic E-state index is 2.38. The van der Waals surface area contributed by atoms with Gasteiger partial charge in [0.15, 0.2) is 0 Å². The van der Waals surface area contributed by atoms with Crippen LogP contribution in [0.4, 0.5) is 17.1 Å². The minimum atomic E-state index is 1.09. The lowest BCUT2D eigenvalue weighted by Crippen LogP contribution is -2.11. The Hall–Kier alpha value is -7.42. The molecule has 0 aliphatic carbocycles. The Labute approximate surface area is 327 Å². The molecule has 0 radical (unpaired) electrons. The standard InChI is InChI=1S/C54H38N2/c1-3-14-39(15-4-1)41-26-32-46(33-27-41)55(47-34-28-42(29-35-47)45-19-13-18-44(38-45)40-16-5-2-6-17-40)52-23-10-7-20-49(52)43-30-36-48(37-31-43)56-53-24-11-8-21-50(53)51-22-9-12-25-54(51)56/h1-38H. The molecular formula is C54H38N2. The fourth-order valence-corrected chi connectivity index (χ4v) is 8.08. The van der Waals surface area contributed by atoms with E-state index in [1.54, 1.807) is 0 Å². The summed E-state index contributed by atoms with van der Waals surface area (Å²) in [6.07, 6.45) is 0. The molecule has 0 spiro atoms.